The number of hydrogen-bond acceptors (Lipinski definition) is 4. The van der Waals surface area contributed by atoms with Crippen LogP contribution in [-0.2, 0) is 19.1 Å². The first kappa shape index (κ1) is 32.2. The lowest BCUT2D eigenvalue weighted by Crippen LogP contribution is -2.58. The summed E-state index contributed by atoms with van der Waals surface area (Å²) in [6.07, 6.45) is 15.8. The highest BCUT2D eigenvalue weighted by molar-refractivity contribution is 6.05. The number of rotatable bonds is 8. The molecule has 0 spiro atoms. The summed E-state index contributed by atoms with van der Waals surface area (Å²) in [7, 11) is 0. The number of ketones is 1. The normalized spacial score (nSPS) is 39.6. The van der Waals surface area contributed by atoms with Crippen molar-refractivity contribution >= 4 is 17.7 Å². The summed E-state index contributed by atoms with van der Waals surface area (Å²) in [6.45, 7) is 16.2. The van der Waals surface area contributed by atoms with E-state index in [1.54, 1.807) is 0 Å². The maximum atomic E-state index is 13.3. The van der Waals surface area contributed by atoms with E-state index in [0.29, 0.717) is 30.8 Å². The fourth-order valence-corrected chi connectivity index (χ4v) is 11.1. The van der Waals surface area contributed by atoms with E-state index in [1.807, 2.05) is 6.92 Å². The Balaban J connectivity index is 1.42. The number of carboxylic acids is 1. The fourth-order valence-electron chi connectivity index (χ4n) is 11.1. The van der Waals surface area contributed by atoms with Gasteiger partial charge in [0.15, 0.2) is 5.78 Å². The predicted molar refractivity (Wildman–Crippen MR) is 170 cm³/mol. The van der Waals surface area contributed by atoms with E-state index in [4.69, 9.17) is 4.74 Å². The molecular weight excluding hydrogens is 536 g/mol. The van der Waals surface area contributed by atoms with Crippen LogP contribution in [0.4, 0.5) is 0 Å². The van der Waals surface area contributed by atoms with Gasteiger partial charge in [-0.25, -0.2) is 0 Å². The van der Waals surface area contributed by atoms with E-state index in [-0.39, 0.29) is 46.8 Å². The van der Waals surface area contributed by atoms with Gasteiger partial charge in [0.1, 0.15) is 0 Å². The number of carbonyl (C=O) groups excluding carboxylic acids is 2. The van der Waals surface area contributed by atoms with Crippen LogP contribution >= 0.6 is 0 Å². The van der Waals surface area contributed by atoms with Crippen LogP contribution in [0.1, 0.15) is 126 Å². The number of fused-ring (bicyclic) bond motifs is 5. The lowest BCUT2D eigenvalue weighted by atomic mass is 9.40. The van der Waals surface area contributed by atoms with Crippen LogP contribution in [0.5, 0.6) is 0 Å². The molecule has 5 nitrogen and oxygen atoms in total. The summed E-state index contributed by atoms with van der Waals surface area (Å²) in [5.74, 6) is 1.22. The molecule has 5 rings (SSSR count). The van der Waals surface area contributed by atoms with Crippen molar-refractivity contribution in [3.8, 4) is 0 Å². The van der Waals surface area contributed by atoms with Crippen molar-refractivity contribution in [1.82, 2.24) is 0 Å². The zero-order valence-electron chi connectivity index (χ0n) is 27.9. The zero-order chi connectivity index (χ0) is 31.3. The molecule has 0 saturated heterocycles. The van der Waals surface area contributed by atoms with Crippen molar-refractivity contribution in [1.29, 1.82) is 0 Å². The van der Waals surface area contributed by atoms with Crippen molar-refractivity contribution in [2.24, 2.45) is 51.8 Å². The quantitative estimate of drug-likeness (QED) is 0.285. The minimum atomic E-state index is -0.967. The number of carbonyl (C=O) groups is 3. The van der Waals surface area contributed by atoms with Gasteiger partial charge in [-0.2, -0.15) is 0 Å². The molecule has 8 atom stereocenters. The second-order valence-corrected chi connectivity index (χ2v) is 15.6. The average Bonchev–Trinajstić information content (AvgIpc) is 3.30. The molecule has 0 aromatic rings. The van der Waals surface area contributed by atoms with Crippen LogP contribution in [0.15, 0.2) is 34.4 Å². The average molecular weight is 593 g/mol. The first-order valence-electron chi connectivity index (χ1n) is 17.4. The summed E-state index contributed by atoms with van der Waals surface area (Å²) in [6, 6.07) is 0. The molecule has 0 aliphatic heterocycles. The molecule has 0 heterocycles. The van der Waals surface area contributed by atoms with Crippen LogP contribution in [0.3, 0.4) is 0 Å². The molecule has 1 N–H and O–H groups in total. The standard InChI is InChI=1S/C38H56O5/c1-8-27-17-20-37(7)29-18-21-38(35(41)42)22-30(39)32(23(3)4)33(38)28(29)14-15-31(37)36(27,6)19-16-24(5)25-10-12-26(13-11-25)34(40)43-9-2/h10,16,23,26-29,31H,8-9,11-15,17-22H2,1-7H3,(H,41,42)/b24-16+. The van der Waals surface area contributed by atoms with E-state index >= 15 is 0 Å². The van der Waals surface area contributed by atoms with Crippen molar-refractivity contribution in [2.45, 2.75) is 126 Å². The minimum absolute atomic E-state index is 0.00966. The van der Waals surface area contributed by atoms with Gasteiger partial charge < -0.3 is 9.84 Å². The van der Waals surface area contributed by atoms with Crippen LogP contribution in [0.25, 0.3) is 0 Å². The smallest absolute Gasteiger partial charge is 0.314 e. The largest absolute Gasteiger partial charge is 0.481 e. The van der Waals surface area contributed by atoms with Crippen LogP contribution < -0.4 is 0 Å². The SMILES string of the molecule is CCOC(=O)C1CC=C(/C(C)=C/CC2(C)C(CC)CCC3(C)C4CCC5(C(=O)O)CC(=O)C(C(C)C)=C5C4CCC23)CC1. The molecular formula is C38H56O5. The van der Waals surface area contributed by atoms with E-state index in [2.05, 4.69) is 53.7 Å². The Kier molecular flexibility index (Phi) is 8.97. The second kappa shape index (κ2) is 12.0. The first-order chi connectivity index (χ1) is 20.3. The molecule has 238 valence electrons. The van der Waals surface area contributed by atoms with Crippen molar-refractivity contribution in [3.63, 3.8) is 0 Å². The predicted octanol–water partition coefficient (Wildman–Crippen LogP) is 8.88. The molecule has 5 aliphatic rings. The monoisotopic (exact) mass is 592 g/mol. The van der Waals surface area contributed by atoms with E-state index < -0.39 is 11.4 Å². The second-order valence-electron chi connectivity index (χ2n) is 15.6. The van der Waals surface area contributed by atoms with Crippen LogP contribution in [-0.4, -0.2) is 29.4 Å². The van der Waals surface area contributed by atoms with Gasteiger partial charge in [-0.15, -0.1) is 0 Å². The van der Waals surface area contributed by atoms with Crippen molar-refractivity contribution in [2.75, 3.05) is 6.61 Å². The fraction of sp³-hybridized carbons (Fsp3) is 0.763. The third-order valence-corrected chi connectivity index (χ3v) is 13.3. The molecule has 8 unspecified atom stereocenters. The highest BCUT2D eigenvalue weighted by Crippen LogP contribution is 2.70. The molecule has 0 bridgehead atoms. The summed E-state index contributed by atoms with van der Waals surface area (Å²) < 4.78 is 5.27. The number of aliphatic carboxylic acids is 1. The number of ether oxygens (including phenoxy) is 1. The Hall–Kier alpha value is -2.17. The number of hydrogen-bond donors (Lipinski definition) is 1. The minimum Gasteiger partial charge on any atom is -0.481 e. The molecule has 3 saturated carbocycles. The number of allylic oxidation sites excluding steroid dienone is 5. The lowest BCUT2D eigenvalue weighted by molar-refractivity contribution is -0.158. The molecule has 5 aliphatic carbocycles. The topological polar surface area (TPSA) is 80.7 Å². The number of carboxylic acid groups (broad SMARTS) is 1. The van der Waals surface area contributed by atoms with Crippen LogP contribution in [0.2, 0.25) is 0 Å². The third-order valence-electron chi connectivity index (χ3n) is 13.3. The van der Waals surface area contributed by atoms with Gasteiger partial charge in [0.05, 0.1) is 17.9 Å². The van der Waals surface area contributed by atoms with Gasteiger partial charge in [-0.05, 0) is 135 Å². The Morgan fingerprint density at radius 1 is 1.09 bits per heavy atom. The maximum Gasteiger partial charge on any atom is 0.314 e. The van der Waals surface area contributed by atoms with Gasteiger partial charge in [0.2, 0.25) is 0 Å². The zero-order valence-corrected chi connectivity index (χ0v) is 27.9. The maximum absolute atomic E-state index is 13.3. The highest BCUT2D eigenvalue weighted by Gasteiger charge is 2.64. The molecule has 0 aromatic heterocycles. The van der Waals surface area contributed by atoms with E-state index in [1.165, 1.54) is 30.4 Å². The summed E-state index contributed by atoms with van der Waals surface area (Å²) in [4.78, 5) is 38.4. The first-order valence-corrected chi connectivity index (χ1v) is 17.4. The molecule has 3 fully saturated rings. The Labute approximate surface area is 260 Å². The van der Waals surface area contributed by atoms with E-state index in [0.717, 1.165) is 56.1 Å². The molecule has 0 radical (unpaired) electrons. The van der Waals surface area contributed by atoms with Crippen molar-refractivity contribution in [3.05, 3.63) is 34.4 Å². The van der Waals surface area contributed by atoms with Gasteiger partial charge in [-0.3, -0.25) is 14.4 Å². The van der Waals surface area contributed by atoms with Gasteiger partial charge in [0, 0.05) is 6.42 Å². The molecule has 0 aromatic carbocycles. The third kappa shape index (κ3) is 5.19. The molecule has 0 amide bonds. The van der Waals surface area contributed by atoms with Gasteiger partial charge in [0.25, 0.3) is 0 Å². The van der Waals surface area contributed by atoms with Gasteiger partial charge in [-0.1, -0.05) is 58.8 Å². The van der Waals surface area contributed by atoms with Crippen molar-refractivity contribution < 1.29 is 24.2 Å². The van der Waals surface area contributed by atoms with E-state index in [9.17, 15) is 19.5 Å². The summed E-state index contributed by atoms with van der Waals surface area (Å²) >= 11 is 0. The highest BCUT2D eigenvalue weighted by atomic mass is 16.5. The van der Waals surface area contributed by atoms with Crippen LogP contribution in [0, 0.1) is 51.8 Å². The van der Waals surface area contributed by atoms with Gasteiger partial charge >= 0.3 is 11.9 Å². The summed E-state index contributed by atoms with van der Waals surface area (Å²) in [5, 5.41) is 10.5. The Bertz CT molecular complexity index is 1240. The Morgan fingerprint density at radius 3 is 2.44 bits per heavy atom. The summed E-state index contributed by atoms with van der Waals surface area (Å²) in [5.41, 5.74) is 4.00. The lowest BCUT2D eigenvalue weighted by Gasteiger charge is -2.64. The number of esters is 1. The molecule has 43 heavy (non-hydrogen) atoms. The number of Topliss-reactive ketones (excluding diaryl/α,β-unsaturated/α-hetero) is 1. The molecule has 5 heteroatoms. The Morgan fingerprint density at radius 2 is 1.84 bits per heavy atom.